The maximum absolute atomic E-state index is 13.8. The van der Waals surface area contributed by atoms with Gasteiger partial charge in [0.25, 0.3) is 0 Å². The van der Waals surface area contributed by atoms with Gasteiger partial charge >= 0.3 is 0 Å². The minimum absolute atomic E-state index is 0.00961. The minimum atomic E-state index is -1.05. The van der Waals surface area contributed by atoms with Crippen LogP contribution in [-0.4, -0.2) is 15.0 Å². The third-order valence-corrected chi connectivity index (χ3v) is 3.31. The third-order valence-electron chi connectivity index (χ3n) is 3.31. The quantitative estimate of drug-likeness (QED) is 0.745. The van der Waals surface area contributed by atoms with E-state index in [4.69, 9.17) is 5.26 Å². The Balaban J connectivity index is 2.09. The monoisotopic (exact) mass is 314 g/mol. The Morgan fingerprint density at radius 2 is 1.78 bits per heavy atom. The number of nitrogens with zero attached hydrogens (tertiary/aromatic N) is 4. The summed E-state index contributed by atoms with van der Waals surface area (Å²) < 4.78 is 41.6. The van der Waals surface area contributed by atoms with E-state index in [9.17, 15) is 13.2 Å². The van der Waals surface area contributed by atoms with E-state index in [2.05, 4.69) is 10.3 Å². The second kappa shape index (κ2) is 5.93. The Labute approximate surface area is 129 Å². The molecule has 1 heterocycles. The normalized spacial score (nSPS) is 10.5. The lowest BCUT2D eigenvalue weighted by atomic mass is 10.1. The molecule has 0 amide bonds. The summed E-state index contributed by atoms with van der Waals surface area (Å²) in [4.78, 5) is 0. The van der Waals surface area contributed by atoms with Crippen molar-refractivity contribution in [2.75, 3.05) is 0 Å². The standard InChI is InChI=1S/C16H9F3N4/c17-12-4-2-1-3-11(12)9-23-16(15(8-20)21-22-23)10-5-6-13(18)14(19)7-10/h1-7H,9H2. The first-order valence-corrected chi connectivity index (χ1v) is 6.62. The van der Waals surface area contributed by atoms with Gasteiger partial charge in [0.1, 0.15) is 17.6 Å². The van der Waals surface area contributed by atoms with E-state index in [1.165, 1.54) is 16.8 Å². The maximum atomic E-state index is 13.8. The van der Waals surface area contributed by atoms with E-state index < -0.39 is 17.5 Å². The molecule has 1 aromatic heterocycles. The molecule has 0 aliphatic heterocycles. The zero-order chi connectivity index (χ0) is 16.4. The second-order valence-electron chi connectivity index (χ2n) is 4.78. The molecule has 0 aliphatic carbocycles. The van der Waals surface area contributed by atoms with Gasteiger partial charge in [0, 0.05) is 11.1 Å². The zero-order valence-corrected chi connectivity index (χ0v) is 11.7. The molecule has 0 aliphatic rings. The SMILES string of the molecule is N#Cc1nnn(Cc2ccccc2F)c1-c1ccc(F)c(F)c1. The van der Waals surface area contributed by atoms with Crippen molar-refractivity contribution in [2.24, 2.45) is 0 Å². The van der Waals surface area contributed by atoms with Gasteiger partial charge < -0.3 is 0 Å². The summed E-state index contributed by atoms with van der Waals surface area (Å²) in [5.41, 5.74) is 0.731. The number of rotatable bonds is 3. The molecule has 0 saturated carbocycles. The highest BCUT2D eigenvalue weighted by molar-refractivity contribution is 5.65. The van der Waals surface area contributed by atoms with Crippen molar-refractivity contribution < 1.29 is 13.2 Å². The van der Waals surface area contributed by atoms with Crippen LogP contribution in [0.1, 0.15) is 11.3 Å². The van der Waals surface area contributed by atoms with Crippen LogP contribution in [-0.2, 0) is 6.54 Å². The van der Waals surface area contributed by atoms with E-state index in [1.54, 1.807) is 18.2 Å². The fourth-order valence-corrected chi connectivity index (χ4v) is 2.22. The van der Waals surface area contributed by atoms with Gasteiger partial charge in [-0.05, 0) is 24.3 Å². The molecule has 0 atom stereocenters. The highest BCUT2D eigenvalue weighted by Gasteiger charge is 2.17. The topological polar surface area (TPSA) is 54.5 Å². The van der Waals surface area contributed by atoms with Crippen LogP contribution in [0.25, 0.3) is 11.3 Å². The molecule has 7 heteroatoms. The molecule has 4 nitrogen and oxygen atoms in total. The Morgan fingerprint density at radius 3 is 2.48 bits per heavy atom. The second-order valence-corrected chi connectivity index (χ2v) is 4.78. The molecule has 2 aromatic carbocycles. The summed E-state index contributed by atoms with van der Waals surface area (Å²) in [5, 5.41) is 16.6. The van der Waals surface area contributed by atoms with Gasteiger partial charge in [-0.1, -0.05) is 23.4 Å². The first-order valence-electron chi connectivity index (χ1n) is 6.62. The van der Waals surface area contributed by atoms with Crippen molar-refractivity contribution in [3.8, 4) is 17.3 Å². The molecule has 0 radical (unpaired) electrons. The number of hydrogen-bond acceptors (Lipinski definition) is 3. The highest BCUT2D eigenvalue weighted by atomic mass is 19.2. The number of benzene rings is 2. The smallest absolute Gasteiger partial charge is 0.190 e. The van der Waals surface area contributed by atoms with Crippen LogP contribution in [0.3, 0.4) is 0 Å². The number of nitriles is 1. The summed E-state index contributed by atoms with van der Waals surface area (Å²) in [6.07, 6.45) is 0. The maximum Gasteiger partial charge on any atom is 0.190 e. The van der Waals surface area contributed by atoms with Crippen LogP contribution in [0.2, 0.25) is 0 Å². The van der Waals surface area contributed by atoms with Crippen LogP contribution >= 0.6 is 0 Å². The van der Waals surface area contributed by atoms with Crippen molar-refractivity contribution in [3.05, 3.63) is 71.2 Å². The predicted octanol–water partition coefficient (Wildman–Crippen LogP) is 3.28. The van der Waals surface area contributed by atoms with Crippen molar-refractivity contribution in [2.45, 2.75) is 6.54 Å². The molecule has 0 unspecified atom stereocenters. The molecule has 114 valence electrons. The van der Waals surface area contributed by atoms with E-state index in [0.29, 0.717) is 5.56 Å². The molecular weight excluding hydrogens is 305 g/mol. The lowest BCUT2D eigenvalue weighted by Gasteiger charge is -2.08. The minimum Gasteiger partial charge on any atom is -0.239 e. The Hall–Kier alpha value is -3.14. The first-order chi connectivity index (χ1) is 11.1. The van der Waals surface area contributed by atoms with Crippen molar-refractivity contribution in [1.29, 1.82) is 5.26 Å². The Morgan fingerprint density at radius 1 is 1.00 bits per heavy atom. The van der Waals surface area contributed by atoms with E-state index >= 15 is 0 Å². The molecule has 0 fully saturated rings. The molecule has 0 N–H and O–H groups in total. The number of aromatic nitrogens is 3. The summed E-state index contributed by atoms with van der Waals surface area (Å²) in [5.74, 6) is -2.48. The van der Waals surface area contributed by atoms with Crippen molar-refractivity contribution in [1.82, 2.24) is 15.0 Å². The van der Waals surface area contributed by atoms with Crippen LogP contribution in [0.5, 0.6) is 0 Å². The van der Waals surface area contributed by atoms with Crippen molar-refractivity contribution >= 4 is 0 Å². The highest BCUT2D eigenvalue weighted by Crippen LogP contribution is 2.25. The summed E-state index contributed by atoms with van der Waals surface area (Å²) in [7, 11) is 0. The zero-order valence-electron chi connectivity index (χ0n) is 11.7. The third kappa shape index (κ3) is 2.79. The largest absolute Gasteiger partial charge is 0.239 e. The predicted molar refractivity (Wildman–Crippen MR) is 75.6 cm³/mol. The van der Waals surface area contributed by atoms with E-state index in [-0.39, 0.29) is 23.5 Å². The van der Waals surface area contributed by atoms with Gasteiger partial charge in [-0.3, -0.25) is 0 Å². The molecule has 3 rings (SSSR count). The van der Waals surface area contributed by atoms with Crippen LogP contribution < -0.4 is 0 Å². The van der Waals surface area contributed by atoms with Gasteiger partial charge in [-0.2, -0.15) is 5.26 Å². The number of hydrogen-bond donors (Lipinski definition) is 0. The summed E-state index contributed by atoms with van der Waals surface area (Å²) in [6, 6.07) is 11.1. The van der Waals surface area contributed by atoms with Gasteiger partial charge in [-0.25, -0.2) is 17.9 Å². The van der Waals surface area contributed by atoms with Gasteiger partial charge in [-0.15, -0.1) is 5.10 Å². The average molecular weight is 314 g/mol. The lowest BCUT2D eigenvalue weighted by molar-refractivity contribution is 0.509. The van der Waals surface area contributed by atoms with Crippen LogP contribution in [0.4, 0.5) is 13.2 Å². The molecule has 0 bridgehead atoms. The van der Waals surface area contributed by atoms with Crippen molar-refractivity contribution in [3.63, 3.8) is 0 Å². The molecular formula is C16H9F3N4. The van der Waals surface area contributed by atoms with Gasteiger partial charge in [0.2, 0.25) is 0 Å². The Bertz CT molecular complexity index is 912. The van der Waals surface area contributed by atoms with Gasteiger partial charge in [0.05, 0.1) is 6.54 Å². The lowest BCUT2D eigenvalue weighted by Crippen LogP contribution is -2.06. The fourth-order valence-electron chi connectivity index (χ4n) is 2.22. The van der Waals surface area contributed by atoms with Crippen LogP contribution in [0.15, 0.2) is 42.5 Å². The Kier molecular flexibility index (Phi) is 3.81. The van der Waals surface area contributed by atoms with Gasteiger partial charge in [0.15, 0.2) is 17.3 Å². The van der Waals surface area contributed by atoms with E-state index in [1.807, 2.05) is 6.07 Å². The summed E-state index contributed by atoms with van der Waals surface area (Å²) in [6.45, 7) is 0.00961. The molecule has 3 aromatic rings. The molecule has 23 heavy (non-hydrogen) atoms. The number of halogens is 3. The average Bonchev–Trinajstić information content (AvgIpc) is 2.95. The fraction of sp³-hybridized carbons (Fsp3) is 0.0625. The van der Waals surface area contributed by atoms with E-state index in [0.717, 1.165) is 12.1 Å². The first kappa shape index (κ1) is 14.8. The van der Waals surface area contributed by atoms with Crippen LogP contribution in [0, 0.1) is 28.8 Å². The molecule has 0 spiro atoms. The molecule has 0 saturated heterocycles. The summed E-state index contributed by atoms with van der Waals surface area (Å²) >= 11 is 0.